The van der Waals surface area contributed by atoms with Crippen molar-refractivity contribution in [3.63, 3.8) is 0 Å². The van der Waals surface area contributed by atoms with Gasteiger partial charge in [-0.25, -0.2) is 19.2 Å². The lowest BCUT2D eigenvalue weighted by Crippen LogP contribution is -2.25. The van der Waals surface area contributed by atoms with Crippen LogP contribution in [-0.4, -0.2) is 120 Å². The molecule has 0 aromatic heterocycles. The van der Waals surface area contributed by atoms with Crippen molar-refractivity contribution >= 4 is 110 Å². The van der Waals surface area contributed by atoms with Crippen LogP contribution in [0.4, 0.5) is 0 Å². The van der Waals surface area contributed by atoms with Gasteiger partial charge in [0.25, 0.3) is 10.1 Å². The summed E-state index contributed by atoms with van der Waals surface area (Å²) in [6.07, 6.45) is -0.484. The molecule has 0 bridgehead atoms. The maximum absolute atomic E-state index is 14.1. The van der Waals surface area contributed by atoms with Gasteiger partial charge in [0.05, 0.1) is 79.5 Å². The fourth-order valence-corrected chi connectivity index (χ4v) is 6.34. The van der Waals surface area contributed by atoms with Gasteiger partial charge in [0, 0.05) is 12.1 Å². The van der Waals surface area contributed by atoms with Gasteiger partial charge in [-0.15, -0.1) is 0 Å². The van der Waals surface area contributed by atoms with Crippen LogP contribution in [0.1, 0.15) is 85.9 Å². The number of esters is 4. The van der Waals surface area contributed by atoms with Gasteiger partial charge in [-0.3, -0.25) is 4.55 Å². The van der Waals surface area contributed by atoms with Crippen molar-refractivity contribution < 1.29 is 51.1 Å². The summed E-state index contributed by atoms with van der Waals surface area (Å²) >= 11 is 0. The molecule has 0 saturated heterocycles. The van der Waals surface area contributed by atoms with Gasteiger partial charge >= 0.3 is 23.9 Å². The number of carbonyl (C=O) groups is 4. The molecule has 0 heterocycles. The van der Waals surface area contributed by atoms with Crippen LogP contribution in [0.5, 0.6) is 17.2 Å². The second kappa shape index (κ2) is 21.0. The molecular formula is C38H29B9O11S. The van der Waals surface area contributed by atoms with Gasteiger partial charge in [-0.2, -0.15) is 8.42 Å². The van der Waals surface area contributed by atoms with E-state index in [0.29, 0.717) is 38.9 Å². The second-order valence-electron chi connectivity index (χ2n) is 12.8. The molecule has 11 nitrogen and oxygen atoms in total. The Bertz CT molecular complexity index is 2370. The lowest BCUT2D eigenvalue weighted by Gasteiger charge is -2.19. The molecule has 4 rings (SSSR count). The van der Waals surface area contributed by atoms with Crippen molar-refractivity contribution in [2.75, 3.05) is 12.4 Å². The molecule has 280 valence electrons. The molecule has 0 unspecified atom stereocenters. The quantitative estimate of drug-likeness (QED) is 0.0649. The van der Waals surface area contributed by atoms with E-state index in [1.165, 1.54) is 18.2 Å². The number of benzene rings is 4. The molecule has 59 heavy (non-hydrogen) atoms. The summed E-state index contributed by atoms with van der Waals surface area (Å²) in [5, 5.41) is 0. The van der Waals surface area contributed by atoms with E-state index < -0.39 is 69.2 Å². The summed E-state index contributed by atoms with van der Waals surface area (Å²) in [6, 6.07) is 11.0. The van der Waals surface area contributed by atoms with Crippen LogP contribution in [-0.2, 0) is 65.4 Å². The van der Waals surface area contributed by atoms with Crippen molar-refractivity contribution in [3.8, 4) is 17.2 Å². The third kappa shape index (κ3) is 11.5. The van der Waals surface area contributed by atoms with Gasteiger partial charge < -0.3 is 18.9 Å². The Hall–Kier alpha value is -4.75. The van der Waals surface area contributed by atoms with Crippen molar-refractivity contribution in [2.24, 2.45) is 0 Å². The first-order valence-corrected chi connectivity index (χ1v) is 19.4. The van der Waals surface area contributed by atoms with Crippen LogP contribution in [0.15, 0.2) is 48.5 Å². The van der Waals surface area contributed by atoms with E-state index in [1.807, 2.05) is 0 Å². The fraction of sp³-hybridized carbons (Fsp3) is 0.263. The summed E-state index contributed by atoms with van der Waals surface area (Å²) in [5.41, 5.74) is 2.12. The van der Waals surface area contributed by atoms with E-state index in [0.717, 1.165) is 12.1 Å². The Morgan fingerprint density at radius 3 is 1.32 bits per heavy atom. The van der Waals surface area contributed by atoms with E-state index in [-0.39, 0.29) is 78.3 Å². The molecule has 0 spiro atoms. The Balaban J connectivity index is 1.99. The molecular weight excluding hydrogens is 762 g/mol. The highest BCUT2D eigenvalue weighted by Crippen LogP contribution is 2.37. The van der Waals surface area contributed by atoms with Crippen LogP contribution >= 0.6 is 0 Å². The number of hydrogen-bond acceptors (Lipinski definition) is 10. The normalized spacial score (nSPS) is 11.1. The molecule has 0 saturated carbocycles. The highest BCUT2D eigenvalue weighted by molar-refractivity contribution is 7.85. The molecule has 21 heteroatoms. The fourth-order valence-electron chi connectivity index (χ4n) is 6.05. The molecule has 0 aliphatic carbocycles. The smallest absolute Gasteiger partial charge is 0.345 e. The molecule has 0 fully saturated rings. The molecule has 4 aromatic carbocycles. The van der Waals surface area contributed by atoms with Crippen LogP contribution in [0.3, 0.4) is 0 Å². The van der Waals surface area contributed by atoms with E-state index in [1.54, 1.807) is 18.2 Å². The maximum atomic E-state index is 14.1. The predicted molar refractivity (Wildman–Crippen MR) is 228 cm³/mol. The minimum atomic E-state index is -4.63. The summed E-state index contributed by atoms with van der Waals surface area (Å²) in [4.78, 5) is 55.7. The molecule has 18 radical (unpaired) electrons. The van der Waals surface area contributed by atoms with Gasteiger partial charge in [0.2, 0.25) is 0 Å². The van der Waals surface area contributed by atoms with Gasteiger partial charge in [-0.1, -0.05) is 108 Å². The Morgan fingerprint density at radius 2 is 0.915 bits per heavy atom. The zero-order chi connectivity index (χ0) is 43.6. The Morgan fingerprint density at radius 1 is 0.508 bits per heavy atom. The minimum Gasteiger partial charge on any atom is -0.461 e. The zero-order valence-electron chi connectivity index (χ0n) is 31.8. The van der Waals surface area contributed by atoms with Crippen LogP contribution < -0.4 is 19.7 Å². The van der Waals surface area contributed by atoms with E-state index in [9.17, 15) is 32.1 Å². The first-order valence-electron chi connectivity index (χ1n) is 17.8. The van der Waals surface area contributed by atoms with Gasteiger partial charge in [0.1, 0.15) is 31.5 Å². The first kappa shape index (κ1) is 46.9. The van der Waals surface area contributed by atoms with Crippen molar-refractivity contribution in [3.05, 3.63) is 115 Å². The third-order valence-corrected chi connectivity index (χ3v) is 9.68. The number of hydrogen-bond donors (Lipinski definition) is 1. The molecule has 4 aromatic rings. The zero-order valence-corrected chi connectivity index (χ0v) is 32.6. The van der Waals surface area contributed by atoms with Crippen LogP contribution in [0, 0.1) is 0 Å². The molecule has 0 aliphatic heterocycles. The standard InChI is InChI=1S/C38H29B9O11S/c39-11-19-3-22(14-42)29(17-45)26(6-19)35(48)56-25-9-31(57-36(49)27-7-20(12-40)4-23(15-43)30(27)18-46)33(38(51)55-1-2-59(52,53)54)32(10-25)58-37(50)28-8-21(13-41)5-24(16-44)34(28)47/h3-10H,1-2,11-18H2,(H,52,53,54). The number of carbonyl (C=O) groups excluding carboxylic acids is 4. The lowest BCUT2D eigenvalue weighted by atomic mass is 9.78. The number of rotatable bonds is 18. The Labute approximate surface area is 355 Å². The largest absolute Gasteiger partial charge is 0.461 e. The van der Waals surface area contributed by atoms with Crippen molar-refractivity contribution in [2.45, 2.75) is 50.6 Å². The average Bonchev–Trinajstić information content (AvgIpc) is 3.21. The third-order valence-electron chi connectivity index (χ3n) is 9.00. The molecule has 0 atom stereocenters. The minimum absolute atomic E-state index is 0.00236. The summed E-state index contributed by atoms with van der Waals surface area (Å²) in [5.74, 6) is -7.63. The average molecular weight is 791 g/mol. The summed E-state index contributed by atoms with van der Waals surface area (Å²) in [6.45, 7) is -0.904. The SMILES string of the molecule is [B]Cc1cc(C[B])c([B])c(C(=O)Oc2cc(OC(=O)c3cc(C[B])cc(C[B])c3C[B])cc(OC(=O)c3cc(C[B])cc(C[B])c3C[B])c2C(=O)OCCS(=O)(=O)O)c1. The predicted octanol–water partition coefficient (Wildman–Crippen LogP) is 0.531. The second-order valence-corrected chi connectivity index (χ2v) is 14.4. The molecule has 0 amide bonds. The van der Waals surface area contributed by atoms with Crippen LogP contribution in [0.25, 0.3) is 0 Å². The van der Waals surface area contributed by atoms with E-state index >= 15 is 0 Å². The Kier molecular flexibility index (Phi) is 16.7. The van der Waals surface area contributed by atoms with Gasteiger partial charge in [-0.05, 0) is 29.3 Å². The lowest BCUT2D eigenvalue weighted by molar-refractivity contribution is 0.0516. The highest BCUT2D eigenvalue weighted by Gasteiger charge is 2.30. The van der Waals surface area contributed by atoms with Crippen molar-refractivity contribution in [1.82, 2.24) is 0 Å². The highest BCUT2D eigenvalue weighted by atomic mass is 32.2. The first-order chi connectivity index (χ1) is 28.1. The summed E-state index contributed by atoms with van der Waals surface area (Å²) < 4.78 is 54.6. The van der Waals surface area contributed by atoms with E-state index in [4.69, 9.17) is 89.6 Å². The topological polar surface area (TPSA) is 160 Å². The van der Waals surface area contributed by atoms with Crippen LogP contribution in [0.2, 0.25) is 0 Å². The molecule has 0 aliphatic rings. The molecule has 1 N–H and O–H groups in total. The summed E-state index contributed by atoms with van der Waals surface area (Å²) in [7, 11) is 48.9. The maximum Gasteiger partial charge on any atom is 0.345 e. The number of ether oxygens (including phenoxy) is 4. The van der Waals surface area contributed by atoms with Crippen molar-refractivity contribution in [1.29, 1.82) is 0 Å². The monoisotopic (exact) mass is 792 g/mol. The van der Waals surface area contributed by atoms with E-state index in [2.05, 4.69) is 0 Å². The van der Waals surface area contributed by atoms with Gasteiger partial charge in [0.15, 0.2) is 11.5 Å².